The van der Waals surface area contributed by atoms with Crippen molar-refractivity contribution in [2.45, 2.75) is 37.1 Å². The van der Waals surface area contributed by atoms with Crippen molar-refractivity contribution >= 4 is 11.6 Å². The highest BCUT2D eigenvalue weighted by atomic mass is 19.4. The van der Waals surface area contributed by atoms with Gasteiger partial charge in [0.15, 0.2) is 0 Å². The van der Waals surface area contributed by atoms with Gasteiger partial charge in [-0.3, -0.25) is 9.69 Å². The Morgan fingerprint density at radius 2 is 2.08 bits per heavy atom. The monoisotopic (exact) mass is 358 g/mol. The zero-order valence-electron chi connectivity index (χ0n) is 13.7. The van der Waals surface area contributed by atoms with E-state index >= 15 is 0 Å². The van der Waals surface area contributed by atoms with Crippen molar-refractivity contribution in [3.05, 3.63) is 29.8 Å². The minimum atomic E-state index is -4.40. The van der Waals surface area contributed by atoms with Crippen LogP contribution < -0.4 is 5.32 Å². The molecule has 138 valence electrons. The zero-order valence-corrected chi connectivity index (χ0v) is 13.7. The van der Waals surface area contributed by atoms with Gasteiger partial charge >= 0.3 is 6.18 Å². The van der Waals surface area contributed by atoms with E-state index in [2.05, 4.69) is 5.32 Å². The lowest BCUT2D eigenvalue weighted by atomic mass is 9.87. The smallest absolute Gasteiger partial charge is 0.390 e. The van der Waals surface area contributed by atoms with E-state index in [1.807, 2.05) is 4.90 Å². The first-order valence-electron chi connectivity index (χ1n) is 8.30. The van der Waals surface area contributed by atoms with Gasteiger partial charge in [-0.1, -0.05) is 0 Å². The number of benzene rings is 1. The summed E-state index contributed by atoms with van der Waals surface area (Å²) in [6.07, 6.45) is -2.72. The third-order valence-corrected chi connectivity index (χ3v) is 4.81. The Labute approximate surface area is 143 Å². The van der Waals surface area contributed by atoms with Crippen LogP contribution in [0.1, 0.15) is 24.8 Å². The molecular formula is C17H21F3N2O3. The molecule has 0 radical (unpaired) electrons. The predicted molar refractivity (Wildman–Crippen MR) is 85.1 cm³/mol. The molecule has 2 fully saturated rings. The van der Waals surface area contributed by atoms with Crippen LogP contribution in [0.2, 0.25) is 0 Å². The van der Waals surface area contributed by atoms with Crippen molar-refractivity contribution in [2.24, 2.45) is 0 Å². The molecule has 5 nitrogen and oxygen atoms in total. The first-order chi connectivity index (χ1) is 11.8. The number of nitrogens with one attached hydrogen (secondary N) is 1. The summed E-state index contributed by atoms with van der Waals surface area (Å²) in [6.45, 7) is 1.78. The fourth-order valence-electron chi connectivity index (χ4n) is 3.52. The number of amides is 1. The Morgan fingerprint density at radius 1 is 1.36 bits per heavy atom. The fraction of sp³-hybridized carbons (Fsp3) is 0.588. The van der Waals surface area contributed by atoms with Crippen LogP contribution in [0.5, 0.6) is 0 Å². The summed E-state index contributed by atoms with van der Waals surface area (Å²) in [5.41, 5.74) is -1.02. The quantitative estimate of drug-likeness (QED) is 0.870. The van der Waals surface area contributed by atoms with Gasteiger partial charge in [-0.2, -0.15) is 13.2 Å². The highest BCUT2D eigenvalue weighted by Crippen LogP contribution is 2.34. The summed E-state index contributed by atoms with van der Waals surface area (Å²) in [5, 5.41) is 12.8. The van der Waals surface area contributed by atoms with Crippen molar-refractivity contribution in [2.75, 3.05) is 31.6 Å². The number of carbonyl (C=O) groups excluding carboxylic acids is 1. The van der Waals surface area contributed by atoms with E-state index in [0.29, 0.717) is 31.8 Å². The second-order valence-corrected chi connectivity index (χ2v) is 6.66. The number of hydrogen-bond donors (Lipinski definition) is 2. The van der Waals surface area contributed by atoms with Crippen molar-refractivity contribution < 1.29 is 27.8 Å². The van der Waals surface area contributed by atoms with E-state index in [0.717, 1.165) is 25.0 Å². The number of aliphatic hydroxyl groups excluding tert-OH is 1. The van der Waals surface area contributed by atoms with Crippen LogP contribution in [0, 0.1) is 0 Å². The number of nitrogens with zero attached hydrogens (tertiary/aromatic N) is 1. The number of rotatable bonds is 3. The SMILES string of the molecule is O=C(CN1CC[C@H](O)[C@]2(CCCO2)C1)Nc1ccc(C(F)(F)F)cc1. The number of alkyl halides is 3. The summed E-state index contributed by atoms with van der Waals surface area (Å²) in [6, 6.07) is 4.35. The molecule has 2 heterocycles. The molecule has 1 spiro atoms. The number of hydrogen-bond acceptors (Lipinski definition) is 4. The molecule has 0 bridgehead atoms. The lowest BCUT2D eigenvalue weighted by Gasteiger charge is -2.42. The molecule has 25 heavy (non-hydrogen) atoms. The first kappa shape index (κ1) is 18.2. The molecule has 2 saturated heterocycles. The molecule has 2 aliphatic rings. The molecule has 1 amide bonds. The standard InChI is InChI=1S/C17H21F3N2O3/c18-17(19,20)12-2-4-13(5-3-12)21-15(24)10-22-8-6-14(23)16(11-22)7-1-9-25-16/h2-5,14,23H,1,6-11H2,(H,21,24)/t14-,16-/m0/s1. The van der Waals surface area contributed by atoms with Gasteiger partial charge in [-0.25, -0.2) is 0 Å². The van der Waals surface area contributed by atoms with E-state index in [-0.39, 0.29) is 12.5 Å². The summed E-state index contributed by atoms with van der Waals surface area (Å²) < 4.78 is 43.4. The van der Waals surface area contributed by atoms with Crippen LogP contribution in [0.3, 0.4) is 0 Å². The first-order valence-corrected chi connectivity index (χ1v) is 8.30. The lowest BCUT2D eigenvalue weighted by molar-refractivity contribution is -0.137. The largest absolute Gasteiger partial charge is 0.416 e. The van der Waals surface area contributed by atoms with E-state index in [9.17, 15) is 23.1 Å². The zero-order chi connectivity index (χ0) is 18.1. The maximum Gasteiger partial charge on any atom is 0.416 e. The molecule has 0 unspecified atom stereocenters. The number of piperidine rings is 1. The number of carbonyl (C=O) groups is 1. The lowest BCUT2D eigenvalue weighted by Crippen LogP contribution is -2.57. The predicted octanol–water partition coefficient (Wildman–Crippen LogP) is 2.26. The molecule has 3 rings (SSSR count). The number of ether oxygens (including phenoxy) is 1. The van der Waals surface area contributed by atoms with Crippen LogP contribution in [0.25, 0.3) is 0 Å². The van der Waals surface area contributed by atoms with Gasteiger partial charge in [-0.05, 0) is 43.5 Å². The van der Waals surface area contributed by atoms with Crippen molar-refractivity contribution in [1.82, 2.24) is 4.90 Å². The summed E-state index contributed by atoms with van der Waals surface area (Å²) in [7, 11) is 0. The molecule has 8 heteroatoms. The Morgan fingerprint density at radius 3 is 2.68 bits per heavy atom. The summed E-state index contributed by atoms with van der Waals surface area (Å²) in [4.78, 5) is 14.1. The second kappa shape index (κ2) is 6.93. The molecule has 2 atom stereocenters. The number of halogens is 3. The van der Waals surface area contributed by atoms with E-state index < -0.39 is 23.4 Å². The third-order valence-electron chi connectivity index (χ3n) is 4.81. The van der Waals surface area contributed by atoms with Gasteiger partial charge in [0.05, 0.1) is 18.2 Å². The van der Waals surface area contributed by atoms with Gasteiger partial charge in [0, 0.05) is 25.4 Å². The molecule has 0 aliphatic carbocycles. The molecule has 0 aromatic heterocycles. The average Bonchev–Trinajstić information content (AvgIpc) is 3.00. The maximum atomic E-state index is 12.5. The van der Waals surface area contributed by atoms with Crippen molar-refractivity contribution in [1.29, 1.82) is 0 Å². The Kier molecular flexibility index (Phi) is 5.04. The number of likely N-dealkylation sites (tertiary alicyclic amines) is 1. The van der Waals surface area contributed by atoms with E-state index in [1.165, 1.54) is 12.1 Å². The molecule has 2 N–H and O–H groups in total. The Hall–Kier alpha value is -1.64. The van der Waals surface area contributed by atoms with Gasteiger partial charge < -0.3 is 15.2 Å². The van der Waals surface area contributed by atoms with Gasteiger partial charge in [-0.15, -0.1) is 0 Å². The van der Waals surface area contributed by atoms with Crippen LogP contribution in [0.4, 0.5) is 18.9 Å². The van der Waals surface area contributed by atoms with Crippen LogP contribution in [-0.4, -0.2) is 53.9 Å². The average molecular weight is 358 g/mol. The van der Waals surface area contributed by atoms with Crippen LogP contribution in [0.15, 0.2) is 24.3 Å². The van der Waals surface area contributed by atoms with Gasteiger partial charge in [0.2, 0.25) is 5.91 Å². The Bertz CT molecular complexity index is 613. The van der Waals surface area contributed by atoms with Crippen LogP contribution >= 0.6 is 0 Å². The molecular weight excluding hydrogens is 337 g/mol. The highest BCUT2D eigenvalue weighted by molar-refractivity contribution is 5.92. The van der Waals surface area contributed by atoms with Gasteiger partial charge in [0.1, 0.15) is 5.60 Å². The molecule has 0 saturated carbocycles. The molecule has 1 aromatic rings. The Balaban J connectivity index is 1.56. The minimum Gasteiger partial charge on any atom is -0.390 e. The van der Waals surface area contributed by atoms with E-state index in [1.54, 1.807) is 0 Å². The third kappa shape index (κ3) is 4.13. The minimum absolute atomic E-state index is 0.110. The maximum absolute atomic E-state index is 12.5. The van der Waals surface area contributed by atoms with Crippen molar-refractivity contribution in [3.63, 3.8) is 0 Å². The summed E-state index contributed by atoms with van der Waals surface area (Å²) in [5.74, 6) is -0.302. The highest BCUT2D eigenvalue weighted by Gasteiger charge is 2.46. The summed E-state index contributed by atoms with van der Waals surface area (Å²) >= 11 is 0. The van der Waals surface area contributed by atoms with Crippen LogP contribution in [-0.2, 0) is 15.7 Å². The fourth-order valence-corrected chi connectivity index (χ4v) is 3.52. The topological polar surface area (TPSA) is 61.8 Å². The molecule has 1 aromatic carbocycles. The number of anilines is 1. The van der Waals surface area contributed by atoms with E-state index in [4.69, 9.17) is 4.74 Å². The normalized spacial score (nSPS) is 27.6. The molecule has 2 aliphatic heterocycles. The second-order valence-electron chi connectivity index (χ2n) is 6.66. The van der Waals surface area contributed by atoms with Crippen molar-refractivity contribution in [3.8, 4) is 0 Å². The number of aliphatic hydroxyl groups is 1. The van der Waals surface area contributed by atoms with Gasteiger partial charge in [0.25, 0.3) is 0 Å².